The molecule has 0 amide bonds. The maximum atomic E-state index is 12.9. The molecule has 0 saturated heterocycles. The van der Waals surface area contributed by atoms with Crippen LogP contribution in [0, 0.1) is 51.8 Å². The standard InChI is InChI=1S/C29H32N2O3.C29H34N2O3.C29H32N2O3/c1-29-8-6-20-13-22-24(32)10-17(15-30-2)11-25(22)34-28(20)23(29)14-26(33-3)27(29)19-4-5-21-16-31-9-7-18(21)12-19;2*1-29-8-6-20-13-22-24(32)10-17(15-30-2)11-25(22)34-28(20)23(29)14-26(33-3)27(29)19-5-4-18-7-9-31-16-21(18)12-19/h4-9,12-13,16-17,23,26-28,30H,10-11,14-15H2,1-3H3;4-5,7,9,12-13,16-17,23,26-28,30H,6,8,10-11,14-15H2,1-3H3;4-9,12-13,16-17,23,26-28,30H,10-11,14-15H2,1-3H3/t3*17?,23-,26+,27-,28+,29-/m000/s1. The summed E-state index contributed by atoms with van der Waals surface area (Å²) >= 11 is 0. The maximum Gasteiger partial charge on any atom is 0.166 e. The van der Waals surface area contributed by atoms with Crippen LogP contribution in [0.25, 0.3) is 32.3 Å². The molecule has 3 aromatic heterocycles. The lowest BCUT2D eigenvalue weighted by molar-refractivity contribution is -0.118. The summed E-state index contributed by atoms with van der Waals surface area (Å²) in [5, 5.41) is 16.8. The van der Waals surface area contributed by atoms with Gasteiger partial charge in [0.25, 0.3) is 0 Å². The fourth-order valence-electron chi connectivity index (χ4n) is 21.3. The third-order valence-corrected chi connectivity index (χ3v) is 26.3. The van der Waals surface area contributed by atoms with Gasteiger partial charge in [0.1, 0.15) is 35.6 Å². The van der Waals surface area contributed by atoms with Crippen molar-refractivity contribution in [1.29, 1.82) is 0 Å². The summed E-state index contributed by atoms with van der Waals surface area (Å²) in [6, 6.07) is 26.4. The predicted molar refractivity (Wildman–Crippen MR) is 397 cm³/mol. The Kier molecular flexibility index (Phi) is 18.5. The molecular formula is C87H98N6O9. The Bertz CT molecular complexity index is 4410. The van der Waals surface area contributed by atoms with Gasteiger partial charge in [-0.25, -0.2) is 0 Å². The first-order chi connectivity index (χ1) is 49.5. The van der Waals surface area contributed by atoms with E-state index in [1.807, 2.05) is 79.7 Å². The van der Waals surface area contributed by atoms with Crippen molar-refractivity contribution >= 4 is 49.7 Å². The Morgan fingerprint density at radius 2 is 0.843 bits per heavy atom. The van der Waals surface area contributed by atoms with Gasteiger partial charge in [0.15, 0.2) is 17.3 Å². The Morgan fingerprint density at radius 1 is 0.451 bits per heavy atom. The SMILES string of the molecule is CNCC1CC(=O)C2=C(C1)O[C@@H]1C(=C2)C=C[C@@]2(C)[C@H]1C[C@@H](OC)[C@@H]2c1ccc2ccncc2c1.CNCC1CC(=O)C2=C(C1)O[C@@H]1C(=C2)C=C[C@@]2(C)[C@H]1C[C@@H](OC)[C@@H]2c1ccc2cnccc2c1.CNCC1CC(=O)C2=C(C1)O[C@@H]1C(=C2)CC[C@@]2(C)[C@H]1C[C@@H](OC)[C@@H]2c1ccc2ccncc2c1. The minimum Gasteiger partial charge on any atom is -0.489 e. The summed E-state index contributed by atoms with van der Waals surface area (Å²) < 4.78 is 38.5. The van der Waals surface area contributed by atoms with Crippen LogP contribution in [-0.2, 0) is 42.8 Å². The highest BCUT2D eigenvalue weighted by Gasteiger charge is 2.61. The number of carbonyl (C=O) groups excluding carboxylic acids is 3. The van der Waals surface area contributed by atoms with Gasteiger partial charge < -0.3 is 44.4 Å². The molecule has 0 spiro atoms. The molecule has 3 N–H and O–H groups in total. The average molecular weight is 1370 g/mol. The summed E-state index contributed by atoms with van der Waals surface area (Å²) in [4.78, 5) is 51.5. The number of nitrogens with zero attached hydrogens (tertiary/aromatic N) is 3. The van der Waals surface area contributed by atoms with Crippen LogP contribution in [0.2, 0.25) is 0 Å². The molecule has 12 aliphatic rings. The van der Waals surface area contributed by atoms with Crippen molar-refractivity contribution in [3.63, 3.8) is 0 Å². The van der Waals surface area contributed by atoms with Crippen molar-refractivity contribution in [3.05, 3.63) is 220 Å². The number of ketones is 3. The number of hydrogen-bond acceptors (Lipinski definition) is 15. The van der Waals surface area contributed by atoms with Crippen LogP contribution in [0.15, 0.2) is 203 Å². The van der Waals surface area contributed by atoms with Crippen LogP contribution in [-0.4, -0.2) is 131 Å². The zero-order chi connectivity index (χ0) is 70.3. The molecule has 3 aliphatic heterocycles. The van der Waals surface area contributed by atoms with Crippen molar-refractivity contribution in [3.8, 4) is 0 Å². The first-order valence-corrected chi connectivity index (χ1v) is 37.4. The van der Waals surface area contributed by atoms with Crippen molar-refractivity contribution < 1.29 is 42.8 Å². The molecule has 6 heterocycles. The van der Waals surface area contributed by atoms with Crippen molar-refractivity contribution in [2.24, 2.45) is 51.8 Å². The number of hydrogen-bond donors (Lipinski definition) is 3. The van der Waals surface area contributed by atoms with Crippen LogP contribution in [0.5, 0.6) is 0 Å². The van der Waals surface area contributed by atoms with Crippen LogP contribution < -0.4 is 16.0 Å². The van der Waals surface area contributed by atoms with Crippen molar-refractivity contribution in [2.45, 2.75) is 146 Å². The van der Waals surface area contributed by atoms with E-state index >= 15 is 0 Å². The highest BCUT2D eigenvalue weighted by Crippen LogP contribution is 2.65. The molecule has 6 aromatic rings. The molecule has 18 rings (SSSR count). The van der Waals surface area contributed by atoms with Gasteiger partial charge in [-0.1, -0.05) is 87.5 Å². The Balaban J connectivity index is 0.000000118. The average Bonchev–Trinajstić information content (AvgIpc) is 1.54. The fraction of sp³-hybridized carbons (Fsp3) is 0.471. The molecule has 3 unspecified atom stereocenters. The van der Waals surface area contributed by atoms with Crippen LogP contribution in [0.3, 0.4) is 0 Å². The Morgan fingerprint density at radius 3 is 1.30 bits per heavy atom. The molecule has 15 nitrogen and oxygen atoms in total. The number of Topliss-reactive ketones (excluding diaryl/α,β-unsaturated/α-hetero) is 3. The van der Waals surface area contributed by atoms with Gasteiger partial charge in [0.2, 0.25) is 0 Å². The van der Waals surface area contributed by atoms with E-state index < -0.39 is 0 Å². The van der Waals surface area contributed by atoms with Gasteiger partial charge in [-0.3, -0.25) is 29.3 Å². The largest absolute Gasteiger partial charge is 0.489 e. The highest BCUT2D eigenvalue weighted by atomic mass is 16.5. The number of pyridine rings is 3. The van der Waals surface area contributed by atoms with E-state index in [1.54, 1.807) is 0 Å². The van der Waals surface area contributed by atoms with Gasteiger partial charge >= 0.3 is 0 Å². The van der Waals surface area contributed by atoms with E-state index in [-0.39, 0.29) is 93.9 Å². The summed E-state index contributed by atoms with van der Waals surface area (Å²) in [6.07, 6.45) is 36.3. The van der Waals surface area contributed by atoms with Crippen LogP contribution in [0.4, 0.5) is 0 Å². The maximum absolute atomic E-state index is 12.9. The number of nitrogens with one attached hydrogen (secondary N) is 3. The van der Waals surface area contributed by atoms with Crippen molar-refractivity contribution in [2.75, 3.05) is 62.1 Å². The first-order valence-electron chi connectivity index (χ1n) is 37.4. The second-order valence-electron chi connectivity index (χ2n) is 32.0. The summed E-state index contributed by atoms with van der Waals surface area (Å²) in [5.41, 5.74) is 9.73. The van der Waals surface area contributed by atoms with Gasteiger partial charge in [-0.05, 0) is 194 Å². The number of allylic oxidation sites excluding steroid dienone is 11. The quantitative estimate of drug-likeness (QED) is 0.105. The smallest absolute Gasteiger partial charge is 0.166 e. The second kappa shape index (κ2) is 27.5. The lowest BCUT2D eigenvalue weighted by Crippen LogP contribution is -2.44. The number of carbonyl (C=O) groups is 3. The van der Waals surface area contributed by atoms with Gasteiger partial charge in [-0.2, -0.15) is 0 Å². The number of rotatable bonds is 12. The second-order valence-corrected chi connectivity index (χ2v) is 32.0. The number of fused-ring (bicyclic) bond motifs is 12. The normalized spacial score (nSPS) is 34.5. The molecule has 18 atom stereocenters. The minimum atomic E-state index is -0.111. The Hall–Kier alpha value is -8.02. The number of aromatic nitrogens is 3. The number of methoxy groups -OCH3 is 3. The van der Waals surface area contributed by atoms with E-state index in [0.717, 1.165) is 127 Å². The van der Waals surface area contributed by atoms with Crippen LogP contribution >= 0.6 is 0 Å². The van der Waals surface area contributed by atoms with E-state index in [1.165, 1.54) is 43.8 Å². The molecule has 102 heavy (non-hydrogen) atoms. The number of ether oxygens (including phenoxy) is 6. The van der Waals surface area contributed by atoms with Crippen molar-refractivity contribution in [1.82, 2.24) is 30.9 Å². The predicted octanol–water partition coefficient (Wildman–Crippen LogP) is 14.3. The highest BCUT2D eigenvalue weighted by molar-refractivity contribution is 6.01. The van der Waals surface area contributed by atoms with E-state index in [2.05, 4.69) is 167 Å². The third kappa shape index (κ3) is 11.9. The van der Waals surface area contributed by atoms with E-state index in [0.29, 0.717) is 48.9 Å². The topological polar surface area (TPSA) is 181 Å². The molecule has 0 bridgehead atoms. The molecule has 15 heteroatoms. The summed E-state index contributed by atoms with van der Waals surface area (Å²) in [6.45, 7) is 9.66. The van der Waals surface area contributed by atoms with E-state index in [4.69, 9.17) is 28.4 Å². The zero-order valence-electron chi connectivity index (χ0n) is 60.5. The lowest BCUT2D eigenvalue weighted by atomic mass is 9.61. The van der Waals surface area contributed by atoms with E-state index in [9.17, 15) is 14.4 Å². The minimum absolute atomic E-state index is 0.0396. The van der Waals surface area contributed by atoms with Gasteiger partial charge in [-0.15, -0.1) is 0 Å². The van der Waals surface area contributed by atoms with Crippen LogP contribution in [0.1, 0.15) is 126 Å². The fourth-order valence-corrected chi connectivity index (χ4v) is 21.3. The molecule has 4 saturated carbocycles. The monoisotopic (exact) mass is 1370 g/mol. The summed E-state index contributed by atoms with van der Waals surface area (Å²) in [7, 11) is 11.3. The molecular weight excluding hydrogens is 1270 g/mol. The molecule has 3 aromatic carbocycles. The lowest BCUT2D eigenvalue weighted by Gasteiger charge is -2.48. The van der Waals surface area contributed by atoms with Gasteiger partial charge in [0.05, 0.1) is 35.0 Å². The van der Waals surface area contributed by atoms with Gasteiger partial charge in [0, 0.05) is 160 Å². The number of benzene rings is 3. The Labute approximate surface area is 599 Å². The zero-order valence-corrected chi connectivity index (χ0v) is 60.5. The molecule has 0 radical (unpaired) electrons. The summed E-state index contributed by atoms with van der Waals surface area (Å²) in [5.74, 6) is 5.92. The first kappa shape index (κ1) is 68.4. The molecule has 530 valence electrons. The molecule has 9 aliphatic carbocycles. The molecule has 4 fully saturated rings. The third-order valence-electron chi connectivity index (χ3n) is 26.3.